The Balaban J connectivity index is 1.77. The van der Waals surface area contributed by atoms with E-state index in [1.54, 1.807) is 4.90 Å². The zero-order chi connectivity index (χ0) is 18.7. The van der Waals surface area contributed by atoms with Crippen LogP contribution in [0.4, 0.5) is 4.39 Å². The van der Waals surface area contributed by atoms with E-state index in [-0.39, 0.29) is 28.3 Å². The summed E-state index contributed by atoms with van der Waals surface area (Å²) in [6.45, 7) is 1.65. The smallest absolute Gasteiger partial charge is 0.256 e. The van der Waals surface area contributed by atoms with Gasteiger partial charge in [-0.3, -0.25) is 4.79 Å². The first-order chi connectivity index (χ1) is 12.4. The third-order valence-corrected chi connectivity index (χ3v) is 6.88. The minimum Gasteiger partial charge on any atom is -0.339 e. The van der Waals surface area contributed by atoms with Crippen molar-refractivity contribution in [3.8, 4) is 0 Å². The molecule has 0 radical (unpaired) electrons. The third kappa shape index (κ3) is 4.07. The van der Waals surface area contributed by atoms with E-state index in [1.165, 1.54) is 12.1 Å². The Morgan fingerprint density at radius 3 is 2.54 bits per heavy atom. The van der Waals surface area contributed by atoms with Gasteiger partial charge in [0.05, 0.1) is 10.5 Å². The molecular formula is C18H26FN3O3S. The minimum atomic E-state index is -3.86. The average Bonchev–Trinajstić information content (AvgIpc) is 3.16. The van der Waals surface area contributed by atoms with E-state index in [0.29, 0.717) is 19.6 Å². The van der Waals surface area contributed by atoms with Crippen molar-refractivity contribution in [3.63, 3.8) is 0 Å². The Kier molecular flexibility index (Phi) is 5.94. The molecular weight excluding hydrogens is 357 g/mol. The van der Waals surface area contributed by atoms with Gasteiger partial charge in [0.15, 0.2) is 0 Å². The van der Waals surface area contributed by atoms with Crippen LogP contribution in [0.3, 0.4) is 0 Å². The summed E-state index contributed by atoms with van der Waals surface area (Å²) in [7, 11) is -3.86. The van der Waals surface area contributed by atoms with Gasteiger partial charge in [0.1, 0.15) is 5.82 Å². The van der Waals surface area contributed by atoms with Gasteiger partial charge < -0.3 is 10.6 Å². The van der Waals surface area contributed by atoms with E-state index < -0.39 is 15.8 Å². The lowest BCUT2D eigenvalue weighted by Gasteiger charge is -2.31. The lowest BCUT2D eigenvalue weighted by molar-refractivity contribution is 0.0788. The first kappa shape index (κ1) is 19.3. The standard InChI is InChI=1S/C18H26FN3O3S/c19-16-11-14(7-8-15(16)18(23)22-9-3-4-10-22)26(24,25)21-17-6-2-1-5-13(17)12-20/h7-8,11,13,17,21H,1-6,9-10,12,20H2. The predicted octanol–water partition coefficient (Wildman–Crippen LogP) is 1.86. The molecule has 2 atom stereocenters. The number of nitrogens with zero attached hydrogens (tertiary/aromatic N) is 1. The maximum absolute atomic E-state index is 14.4. The van der Waals surface area contributed by atoms with E-state index in [1.807, 2.05) is 0 Å². The van der Waals surface area contributed by atoms with E-state index in [0.717, 1.165) is 44.6 Å². The molecule has 2 aliphatic rings. The van der Waals surface area contributed by atoms with E-state index in [4.69, 9.17) is 5.73 Å². The normalized spacial score (nSPS) is 24.0. The number of carbonyl (C=O) groups is 1. The van der Waals surface area contributed by atoms with Crippen LogP contribution in [0.1, 0.15) is 48.9 Å². The summed E-state index contributed by atoms with van der Waals surface area (Å²) in [5.41, 5.74) is 5.67. The topological polar surface area (TPSA) is 92.5 Å². The number of hydrogen-bond acceptors (Lipinski definition) is 4. The molecule has 1 saturated heterocycles. The van der Waals surface area contributed by atoms with Crippen molar-refractivity contribution in [3.05, 3.63) is 29.6 Å². The number of likely N-dealkylation sites (tertiary alicyclic amines) is 1. The molecule has 8 heteroatoms. The summed E-state index contributed by atoms with van der Waals surface area (Å²) >= 11 is 0. The van der Waals surface area contributed by atoms with Gasteiger partial charge in [0.2, 0.25) is 10.0 Å². The summed E-state index contributed by atoms with van der Waals surface area (Å²) in [4.78, 5) is 13.8. The highest BCUT2D eigenvalue weighted by molar-refractivity contribution is 7.89. The van der Waals surface area contributed by atoms with E-state index in [2.05, 4.69) is 4.72 Å². The number of rotatable bonds is 5. The van der Waals surface area contributed by atoms with Gasteiger partial charge in [-0.25, -0.2) is 17.5 Å². The molecule has 0 aromatic heterocycles. The monoisotopic (exact) mass is 383 g/mol. The van der Waals surface area contributed by atoms with E-state index >= 15 is 0 Å². The number of carbonyl (C=O) groups excluding carboxylic acids is 1. The molecule has 0 bridgehead atoms. The van der Waals surface area contributed by atoms with Gasteiger partial charge in [0.25, 0.3) is 5.91 Å². The van der Waals surface area contributed by atoms with Crippen molar-refractivity contribution in [2.24, 2.45) is 11.7 Å². The molecule has 26 heavy (non-hydrogen) atoms. The van der Waals surface area contributed by atoms with Gasteiger partial charge in [-0.05, 0) is 56.3 Å². The van der Waals surface area contributed by atoms with Crippen molar-refractivity contribution < 1.29 is 17.6 Å². The molecule has 1 aliphatic heterocycles. The van der Waals surface area contributed by atoms with Crippen LogP contribution in [0.25, 0.3) is 0 Å². The van der Waals surface area contributed by atoms with Gasteiger partial charge in [-0.15, -0.1) is 0 Å². The van der Waals surface area contributed by atoms with Gasteiger partial charge in [-0.2, -0.15) is 0 Å². The summed E-state index contributed by atoms with van der Waals surface area (Å²) in [5, 5.41) is 0. The predicted molar refractivity (Wildman–Crippen MR) is 96.7 cm³/mol. The minimum absolute atomic E-state index is 0.0802. The Hall–Kier alpha value is -1.51. The van der Waals surface area contributed by atoms with Gasteiger partial charge >= 0.3 is 0 Å². The van der Waals surface area contributed by atoms with Crippen molar-refractivity contribution >= 4 is 15.9 Å². The van der Waals surface area contributed by atoms with Crippen molar-refractivity contribution in [2.75, 3.05) is 19.6 Å². The number of amides is 1. The second-order valence-electron chi connectivity index (χ2n) is 7.15. The fourth-order valence-electron chi connectivity index (χ4n) is 3.84. The number of nitrogens with one attached hydrogen (secondary N) is 1. The second kappa shape index (κ2) is 8.02. The molecule has 2 unspecified atom stereocenters. The highest BCUT2D eigenvalue weighted by Gasteiger charge is 2.30. The SMILES string of the molecule is NCC1CCCCC1NS(=O)(=O)c1ccc(C(=O)N2CCCC2)c(F)c1. The Morgan fingerprint density at radius 2 is 1.88 bits per heavy atom. The lowest BCUT2D eigenvalue weighted by atomic mass is 9.85. The number of halogens is 1. The van der Waals surface area contributed by atoms with Crippen LogP contribution < -0.4 is 10.5 Å². The quantitative estimate of drug-likeness (QED) is 0.812. The molecule has 3 N–H and O–H groups in total. The zero-order valence-electron chi connectivity index (χ0n) is 14.8. The van der Waals surface area contributed by atoms with Crippen LogP contribution in [-0.4, -0.2) is 44.9 Å². The van der Waals surface area contributed by atoms with Gasteiger partial charge in [-0.1, -0.05) is 12.8 Å². The first-order valence-corrected chi connectivity index (χ1v) is 10.7. The molecule has 6 nitrogen and oxygen atoms in total. The number of nitrogens with two attached hydrogens (primary N) is 1. The molecule has 1 aromatic rings. The maximum Gasteiger partial charge on any atom is 0.256 e. The zero-order valence-corrected chi connectivity index (χ0v) is 15.6. The fraction of sp³-hybridized carbons (Fsp3) is 0.611. The third-order valence-electron chi connectivity index (χ3n) is 5.39. The number of benzene rings is 1. The van der Waals surface area contributed by atoms with Crippen LogP contribution in [0.5, 0.6) is 0 Å². The molecule has 1 aromatic carbocycles. The van der Waals surface area contributed by atoms with E-state index in [9.17, 15) is 17.6 Å². The van der Waals surface area contributed by atoms with Crippen molar-refractivity contribution in [1.82, 2.24) is 9.62 Å². The fourth-order valence-corrected chi connectivity index (χ4v) is 5.19. The summed E-state index contributed by atoms with van der Waals surface area (Å²) in [6, 6.07) is 3.28. The van der Waals surface area contributed by atoms with Crippen LogP contribution >= 0.6 is 0 Å². The highest BCUT2D eigenvalue weighted by Crippen LogP contribution is 2.26. The Bertz CT molecular complexity index is 763. The molecule has 3 rings (SSSR count). The molecule has 1 amide bonds. The largest absolute Gasteiger partial charge is 0.339 e. The first-order valence-electron chi connectivity index (χ1n) is 9.23. The molecule has 0 spiro atoms. The van der Waals surface area contributed by atoms with Crippen LogP contribution in [0, 0.1) is 11.7 Å². The van der Waals surface area contributed by atoms with Crippen LogP contribution in [0.15, 0.2) is 23.1 Å². The van der Waals surface area contributed by atoms with Crippen LogP contribution in [-0.2, 0) is 10.0 Å². The Morgan fingerprint density at radius 1 is 1.19 bits per heavy atom. The number of sulfonamides is 1. The Labute approximate surface area is 154 Å². The molecule has 1 saturated carbocycles. The second-order valence-corrected chi connectivity index (χ2v) is 8.86. The maximum atomic E-state index is 14.4. The summed E-state index contributed by atoms with van der Waals surface area (Å²) in [5.74, 6) is -1.09. The molecule has 1 heterocycles. The van der Waals surface area contributed by atoms with Crippen LogP contribution in [0.2, 0.25) is 0 Å². The highest BCUT2D eigenvalue weighted by atomic mass is 32.2. The lowest BCUT2D eigenvalue weighted by Crippen LogP contribution is -2.44. The molecule has 1 aliphatic carbocycles. The molecule has 2 fully saturated rings. The average molecular weight is 383 g/mol. The van der Waals surface area contributed by atoms with Crippen molar-refractivity contribution in [2.45, 2.75) is 49.5 Å². The van der Waals surface area contributed by atoms with Crippen molar-refractivity contribution in [1.29, 1.82) is 0 Å². The molecule has 144 valence electrons. The van der Waals surface area contributed by atoms with Gasteiger partial charge in [0, 0.05) is 19.1 Å². The summed E-state index contributed by atoms with van der Waals surface area (Å²) < 4.78 is 42.4. The number of hydrogen-bond donors (Lipinski definition) is 2. The summed E-state index contributed by atoms with van der Waals surface area (Å²) in [6.07, 6.45) is 5.43.